The molecule has 0 spiro atoms. The zero-order chi connectivity index (χ0) is 39.5. The maximum absolute atomic E-state index is 10.6. The van der Waals surface area contributed by atoms with Crippen LogP contribution in [0.4, 0.5) is 0 Å². The molecule has 0 aliphatic heterocycles. The SMILES string of the molecule is CCc1nc2ccccc2n1-c1ccc(C2(c3ccccc3)c3ccc4scc(C#N)c4c3C3C=C(c4nc(-c5ccccc5)nc(-c5ccccc5)n4)C=CC32)cc1. The van der Waals surface area contributed by atoms with E-state index in [1.807, 2.05) is 72.1 Å². The lowest BCUT2D eigenvalue weighted by atomic mass is 9.63. The first-order valence-electron chi connectivity index (χ1n) is 20.0. The largest absolute Gasteiger partial charge is 0.296 e. The molecule has 59 heavy (non-hydrogen) atoms. The summed E-state index contributed by atoms with van der Waals surface area (Å²) in [4.78, 5) is 20.2. The fourth-order valence-electron chi connectivity index (χ4n) is 9.59. The Labute approximate surface area is 346 Å². The third kappa shape index (κ3) is 5.45. The highest BCUT2D eigenvalue weighted by atomic mass is 32.1. The number of benzene rings is 6. The van der Waals surface area contributed by atoms with E-state index in [4.69, 9.17) is 19.9 Å². The van der Waals surface area contributed by atoms with E-state index < -0.39 is 5.41 Å². The van der Waals surface area contributed by atoms with E-state index in [2.05, 4.69) is 121 Å². The monoisotopic (exact) mass is 776 g/mol. The van der Waals surface area contributed by atoms with Crippen LogP contribution >= 0.6 is 11.3 Å². The number of aryl methyl sites for hydroxylation is 1. The van der Waals surface area contributed by atoms with Crippen LogP contribution in [0.1, 0.15) is 52.3 Å². The minimum Gasteiger partial charge on any atom is -0.296 e. The molecule has 3 unspecified atom stereocenters. The molecule has 0 radical (unpaired) electrons. The van der Waals surface area contributed by atoms with Gasteiger partial charge >= 0.3 is 0 Å². The van der Waals surface area contributed by atoms with Crippen molar-refractivity contribution in [2.45, 2.75) is 24.7 Å². The Morgan fingerprint density at radius 2 is 1.31 bits per heavy atom. The number of para-hydroxylation sites is 2. The molecule has 6 aromatic carbocycles. The lowest BCUT2D eigenvalue weighted by molar-refractivity contribution is 0.458. The van der Waals surface area contributed by atoms with Crippen LogP contribution in [0.5, 0.6) is 0 Å². The van der Waals surface area contributed by atoms with Gasteiger partial charge in [0.1, 0.15) is 11.9 Å². The van der Waals surface area contributed by atoms with E-state index in [-0.39, 0.29) is 11.8 Å². The Morgan fingerprint density at radius 1 is 0.678 bits per heavy atom. The minimum atomic E-state index is -0.574. The minimum absolute atomic E-state index is 0.0177. The number of allylic oxidation sites excluding steroid dienone is 4. The lowest BCUT2D eigenvalue weighted by Crippen LogP contribution is -2.35. The van der Waals surface area contributed by atoms with E-state index in [1.54, 1.807) is 11.3 Å². The van der Waals surface area contributed by atoms with Gasteiger partial charge in [0.15, 0.2) is 17.5 Å². The van der Waals surface area contributed by atoms with Gasteiger partial charge < -0.3 is 0 Å². The van der Waals surface area contributed by atoms with Crippen LogP contribution in [0.25, 0.3) is 55.2 Å². The Hall–Kier alpha value is -7.27. The van der Waals surface area contributed by atoms with Gasteiger partial charge in [-0.2, -0.15) is 5.26 Å². The van der Waals surface area contributed by atoms with E-state index in [1.165, 1.54) is 22.3 Å². The Balaban J connectivity index is 1.14. The summed E-state index contributed by atoms with van der Waals surface area (Å²) in [5.74, 6) is 2.80. The molecular weight excluding hydrogens is 741 g/mol. The van der Waals surface area contributed by atoms with Gasteiger partial charge in [-0.3, -0.25) is 4.57 Å². The van der Waals surface area contributed by atoms with E-state index in [0.29, 0.717) is 23.0 Å². The van der Waals surface area contributed by atoms with Gasteiger partial charge in [0, 0.05) is 56.1 Å². The number of aromatic nitrogens is 5. The van der Waals surface area contributed by atoms with Crippen LogP contribution in [0, 0.1) is 17.2 Å². The van der Waals surface area contributed by atoms with Gasteiger partial charge in [0.05, 0.1) is 22.0 Å². The molecule has 6 nitrogen and oxygen atoms in total. The van der Waals surface area contributed by atoms with Crippen LogP contribution < -0.4 is 0 Å². The molecule has 9 aromatic rings. The predicted octanol–water partition coefficient (Wildman–Crippen LogP) is 11.9. The molecule has 3 heterocycles. The normalized spacial score (nSPS) is 18.1. The summed E-state index contributed by atoms with van der Waals surface area (Å²) in [6.45, 7) is 2.16. The summed E-state index contributed by atoms with van der Waals surface area (Å²) >= 11 is 1.63. The zero-order valence-corrected chi connectivity index (χ0v) is 33.0. The Kier molecular flexibility index (Phi) is 8.28. The molecule has 0 amide bonds. The van der Waals surface area contributed by atoms with Crippen molar-refractivity contribution in [3.63, 3.8) is 0 Å². The first-order chi connectivity index (χ1) is 29.1. The summed E-state index contributed by atoms with van der Waals surface area (Å²) in [7, 11) is 0. The number of imidazole rings is 1. The first-order valence-corrected chi connectivity index (χ1v) is 20.9. The smallest absolute Gasteiger partial charge is 0.164 e. The molecule has 0 bridgehead atoms. The average Bonchev–Trinajstić information content (AvgIpc) is 4.00. The highest BCUT2D eigenvalue weighted by Crippen LogP contribution is 2.62. The van der Waals surface area contributed by atoms with E-state index >= 15 is 0 Å². The Morgan fingerprint density at radius 3 is 1.98 bits per heavy atom. The van der Waals surface area contributed by atoms with Crippen molar-refractivity contribution >= 4 is 38.0 Å². The molecule has 2 aliphatic carbocycles. The van der Waals surface area contributed by atoms with Crippen LogP contribution in [-0.2, 0) is 11.8 Å². The molecule has 0 saturated heterocycles. The van der Waals surface area contributed by atoms with Crippen molar-refractivity contribution in [2.75, 3.05) is 0 Å². The van der Waals surface area contributed by atoms with Gasteiger partial charge in [-0.15, -0.1) is 11.3 Å². The molecule has 3 aromatic heterocycles. The number of thiophene rings is 1. The summed E-state index contributed by atoms with van der Waals surface area (Å²) in [5.41, 5.74) is 10.9. The lowest BCUT2D eigenvalue weighted by Gasteiger charge is -2.39. The number of nitrogens with zero attached hydrogens (tertiary/aromatic N) is 6. The molecule has 0 saturated carbocycles. The summed E-state index contributed by atoms with van der Waals surface area (Å²) < 4.78 is 3.39. The van der Waals surface area contributed by atoms with E-state index in [9.17, 15) is 5.26 Å². The zero-order valence-electron chi connectivity index (χ0n) is 32.2. The van der Waals surface area contributed by atoms with Gasteiger partial charge in [-0.1, -0.05) is 146 Å². The third-order valence-corrected chi connectivity index (χ3v) is 13.0. The summed E-state index contributed by atoms with van der Waals surface area (Å²) in [6.07, 6.45) is 7.75. The highest BCUT2D eigenvalue weighted by molar-refractivity contribution is 7.17. The molecule has 0 N–H and O–H groups in total. The fraction of sp³-hybridized carbons (Fsp3) is 0.0962. The van der Waals surface area contributed by atoms with Crippen LogP contribution in [-0.4, -0.2) is 24.5 Å². The van der Waals surface area contributed by atoms with E-state index in [0.717, 1.165) is 55.8 Å². The van der Waals surface area contributed by atoms with Gasteiger partial charge in [-0.25, -0.2) is 19.9 Å². The number of nitriles is 1. The number of hydrogen-bond donors (Lipinski definition) is 0. The van der Waals surface area contributed by atoms with Crippen LogP contribution in [0.3, 0.4) is 0 Å². The molecule has 2 aliphatic rings. The molecule has 280 valence electrons. The van der Waals surface area contributed by atoms with Crippen LogP contribution in [0.15, 0.2) is 175 Å². The predicted molar refractivity (Wildman–Crippen MR) is 237 cm³/mol. The van der Waals surface area contributed by atoms with Crippen molar-refractivity contribution in [3.05, 3.63) is 215 Å². The van der Waals surface area contributed by atoms with Gasteiger partial charge in [0.25, 0.3) is 0 Å². The van der Waals surface area contributed by atoms with Gasteiger partial charge in [0.2, 0.25) is 0 Å². The second kappa shape index (κ2) is 14.0. The molecule has 11 rings (SSSR count). The maximum atomic E-state index is 10.6. The summed E-state index contributed by atoms with van der Waals surface area (Å²) in [6, 6.07) is 55.6. The first kappa shape index (κ1) is 34.9. The highest BCUT2D eigenvalue weighted by Gasteiger charge is 2.54. The van der Waals surface area contributed by atoms with Crippen molar-refractivity contribution in [1.29, 1.82) is 5.26 Å². The number of rotatable bonds is 7. The standard InChI is InChI=1S/C52H36N6S/c1-2-46-54-43-20-12-13-21-44(43)58(46)39-25-23-38(24-26-39)52(37-18-10-5-11-19-37)41-27-22-35(30-40(41)48-42(52)28-29-45-47(48)36(31-53)32-59-45)51-56-49(33-14-6-3-7-15-33)55-50(57-51)34-16-8-4-9-17-34/h3-30,32,40-41H,2H2,1H3. The van der Waals surface area contributed by atoms with Crippen LogP contribution in [0.2, 0.25) is 0 Å². The third-order valence-electron chi connectivity index (χ3n) is 12.1. The molecule has 3 atom stereocenters. The fourth-order valence-corrected chi connectivity index (χ4v) is 10.5. The molecule has 0 fully saturated rings. The number of fused-ring (bicyclic) bond motifs is 6. The maximum Gasteiger partial charge on any atom is 0.164 e. The second-order valence-electron chi connectivity index (χ2n) is 15.2. The van der Waals surface area contributed by atoms with Crippen molar-refractivity contribution in [3.8, 4) is 34.5 Å². The topological polar surface area (TPSA) is 80.3 Å². The van der Waals surface area contributed by atoms with Crippen molar-refractivity contribution in [2.24, 2.45) is 5.92 Å². The number of hydrogen-bond acceptors (Lipinski definition) is 6. The second-order valence-corrected chi connectivity index (χ2v) is 16.1. The van der Waals surface area contributed by atoms with Crippen molar-refractivity contribution in [1.82, 2.24) is 24.5 Å². The molecular formula is C52H36N6S. The van der Waals surface area contributed by atoms with Crippen molar-refractivity contribution < 1.29 is 0 Å². The quantitative estimate of drug-likeness (QED) is 0.161. The average molecular weight is 777 g/mol. The van der Waals surface area contributed by atoms with Gasteiger partial charge in [-0.05, 0) is 52.6 Å². The molecule has 7 heteroatoms. The summed E-state index contributed by atoms with van der Waals surface area (Å²) in [5, 5.41) is 13.6. The Bertz CT molecular complexity index is 3100.